The van der Waals surface area contributed by atoms with Crippen LogP contribution in [0.3, 0.4) is 0 Å². The fraction of sp³-hybridized carbons (Fsp3) is 0.125. The molecule has 0 radical (unpaired) electrons. The zero-order chi connectivity index (χ0) is 8.55. The molecule has 0 unspecified atom stereocenters. The molecule has 62 valence electrons. The van der Waals surface area contributed by atoms with Crippen LogP contribution in [0.25, 0.3) is 11.4 Å². The smallest absolute Gasteiger partial charge is 0.119 e. The number of nitrogens with one attached hydrogen (secondary N) is 2. The highest BCUT2D eigenvalue weighted by atomic mass is 79.9. The number of aryl methyl sites for hydroxylation is 1. The molecular formula is C8H8BrN3. The fourth-order valence-corrected chi connectivity index (χ4v) is 1.71. The lowest BCUT2D eigenvalue weighted by Gasteiger charge is -1.90. The number of halogens is 1. The number of aromatic nitrogens is 3. The van der Waals surface area contributed by atoms with Crippen LogP contribution in [-0.4, -0.2) is 15.0 Å². The molecule has 2 rings (SSSR count). The molecule has 0 saturated carbocycles. The van der Waals surface area contributed by atoms with Gasteiger partial charge in [-0.1, -0.05) is 0 Å². The summed E-state index contributed by atoms with van der Waals surface area (Å²) in [6.45, 7) is 1.93. The highest BCUT2D eigenvalue weighted by Crippen LogP contribution is 2.23. The molecule has 2 heterocycles. The molecule has 0 spiro atoms. The third kappa shape index (κ3) is 1.18. The number of imidazole rings is 1. The van der Waals surface area contributed by atoms with Crippen molar-refractivity contribution in [1.29, 1.82) is 0 Å². The molecule has 0 aliphatic rings. The average molecular weight is 226 g/mol. The second-order valence-corrected chi connectivity index (χ2v) is 3.36. The number of H-pyrrole nitrogens is 2. The SMILES string of the molecule is Cc1nc(-c2ccc[nH]2)c(Br)[nH]1. The third-order valence-electron chi connectivity index (χ3n) is 1.63. The van der Waals surface area contributed by atoms with Gasteiger partial charge in [-0.2, -0.15) is 0 Å². The van der Waals surface area contributed by atoms with Gasteiger partial charge in [0.1, 0.15) is 16.1 Å². The Balaban J connectivity index is 2.54. The first-order valence-electron chi connectivity index (χ1n) is 3.63. The number of nitrogens with zero attached hydrogens (tertiary/aromatic N) is 1. The largest absolute Gasteiger partial charge is 0.360 e. The minimum absolute atomic E-state index is 0.909. The topological polar surface area (TPSA) is 44.5 Å². The number of aromatic amines is 2. The summed E-state index contributed by atoms with van der Waals surface area (Å²) in [7, 11) is 0. The van der Waals surface area contributed by atoms with Gasteiger partial charge < -0.3 is 9.97 Å². The Bertz CT molecular complexity index is 375. The highest BCUT2D eigenvalue weighted by Gasteiger charge is 2.07. The van der Waals surface area contributed by atoms with Gasteiger partial charge in [-0.05, 0) is 35.0 Å². The van der Waals surface area contributed by atoms with E-state index in [1.54, 1.807) is 0 Å². The third-order valence-corrected chi connectivity index (χ3v) is 2.20. The molecule has 4 heteroatoms. The molecule has 0 aromatic carbocycles. The lowest BCUT2D eigenvalue weighted by atomic mass is 10.3. The molecule has 0 fully saturated rings. The van der Waals surface area contributed by atoms with Gasteiger partial charge in [-0.3, -0.25) is 0 Å². The molecule has 12 heavy (non-hydrogen) atoms. The van der Waals surface area contributed by atoms with Crippen LogP contribution in [-0.2, 0) is 0 Å². The van der Waals surface area contributed by atoms with E-state index in [0.29, 0.717) is 0 Å². The Morgan fingerprint density at radius 2 is 2.33 bits per heavy atom. The first-order chi connectivity index (χ1) is 5.77. The predicted octanol–water partition coefficient (Wildman–Crippen LogP) is 2.48. The molecule has 0 aliphatic carbocycles. The summed E-state index contributed by atoms with van der Waals surface area (Å²) >= 11 is 3.40. The summed E-state index contributed by atoms with van der Waals surface area (Å²) in [5.74, 6) is 0.909. The van der Waals surface area contributed by atoms with Gasteiger partial charge >= 0.3 is 0 Å². The van der Waals surface area contributed by atoms with E-state index in [2.05, 4.69) is 30.9 Å². The average Bonchev–Trinajstić information content (AvgIpc) is 2.58. The molecule has 0 atom stereocenters. The fourth-order valence-electron chi connectivity index (χ4n) is 1.12. The molecule has 2 N–H and O–H groups in total. The summed E-state index contributed by atoms with van der Waals surface area (Å²) in [5.41, 5.74) is 1.95. The Morgan fingerprint density at radius 1 is 1.50 bits per heavy atom. The van der Waals surface area contributed by atoms with Gasteiger partial charge in [-0.25, -0.2) is 4.98 Å². The van der Waals surface area contributed by atoms with E-state index < -0.39 is 0 Å². The zero-order valence-corrected chi connectivity index (χ0v) is 8.14. The Kier molecular flexibility index (Phi) is 1.77. The molecule has 2 aromatic rings. The molecule has 0 amide bonds. The van der Waals surface area contributed by atoms with Crippen molar-refractivity contribution in [1.82, 2.24) is 15.0 Å². The van der Waals surface area contributed by atoms with Crippen LogP contribution < -0.4 is 0 Å². The van der Waals surface area contributed by atoms with Crippen molar-refractivity contribution in [2.45, 2.75) is 6.92 Å². The maximum absolute atomic E-state index is 4.32. The van der Waals surface area contributed by atoms with Crippen molar-refractivity contribution in [3.05, 3.63) is 28.8 Å². The van der Waals surface area contributed by atoms with Crippen LogP contribution >= 0.6 is 15.9 Å². The van der Waals surface area contributed by atoms with Crippen molar-refractivity contribution in [3.63, 3.8) is 0 Å². The van der Waals surface area contributed by atoms with Crippen molar-refractivity contribution in [2.75, 3.05) is 0 Å². The van der Waals surface area contributed by atoms with Crippen LogP contribution in [0.2, 0.25) is 0 Å². The van der Waals surface area contributed by atoms with Gasteiger partial charge in [0.25, 0.3) is 0 Å². The van der Waals surface area contributed by atoms with Gasteiger partial charge in [0.05, 0.1) is 5.69 Å². The van der Waals surface area contributed by atoms with Crippen molar-refractivity contribution in [2.24, 2.45) is 0 Å². The standard InChI is InChI=1S/C8H8BrN3/c1-5-11-7(8(9)12-5)6-3-2-4-10-6/h2-4,10H,1H3,(H,11,12). The molecule has 0 aliphatic heterocycles. The van der Waals surface area contributed by atoms with Crippen LogP contribution in [0.4, 0.5) is 0 Å². The second kappa shape index (κ2) is 2.79. The highest BCUT2D eigenvalue weighted by molar-refractivity contribution is 9.10. The monoisotopic (exact) mass is 225 g/mol. The van der Waals surface area contributed by atoms with Crippen molar-refractivity contribution < 1.29 is 0 Å². The summed E-state index contributed by atoms with van der Waals surface area (Å²) in [4.78, 5) is 10.5. The zero-order valence-electron chi connectivity index (χ0n) is 6.56. The maximum atomic E-state index is 4.32. The number of hydrogen-bond acceptors (Lipinski definition) is 1. The van der Waals surface area contributed by atoms with Crippen LogP contribution in [0.5, 0.6) is 0 Å². The van der Waals surface area contributed by atoms with Gasteiger partial charge in [0.2, 0.25) is 0 Å². The van der Waals surface area contributed by atoms with Gasteiger partial charge in [0.15, 0.2) is 0 Å². The minimum Gasteiger partial charge on any atom is -0.360 e. The lowest BCUT2D eigenvalue weighted by Crippen LogP contribution is -1.77. The summed E-state index contributed by atoms with van der Waals surface area (Å²) in [5, 5.41) is 0. The van der Waals surface area contributed by atoms with E-state index in [0.717, 1.165) is 21.8 Å². The molecule has 0 saturated heterocycles. The number of rotatable bonds is 1. The van der Waals surface area contributed by atoms with E-state index in [9.17, 15) is 0 Å². The van der Waals surface area contributed by atoms with Crippen LogP contribution in [0.1, 0.15) is 5.82 Å². The van der Waals surface area contributed by atoms with Crippen molar-refractivity contribution >= 4 is 15.9 Å². The first-order valence-corrected chi connectivity index (χ1v) is 4.42. The van der Waals surface area contributed by atoms with E-state index in [4.69, 9.17) is 0 Å². The minimum atomic E-state index is 0.909. The van der Waals surface area contributed by atoms with E-state index in [-0.39, 0.29) is 0 Å². The molecule has 2 aromatic heterocycles. The maximum Gasteiger partial charge on any atom is 0.119 e. The summed E-state index contributed by atoms with van der Waals surface area (Å²) in [6, 6.07) is 3.94. The predicted molar refractivity (Wildman–Crippen MR) is 50.8 cm³/mol. The Morgan fingerprint density at radius 3 is 2.83 bits per heavy atom. The second-order valence-electron chi connectivity index (χ2n) is 2.57. The normalized spacial score (nSPS) is 10.5. The van der Waals surface area contributed by atoms with Gasteiger partial charge in [0, 0.05) is 6.20 Å². The first kappa shape index (κ1) is 7.61. The lowest BCUT2D eigenvalue weighted by molar-refractivity contribution is 1.14. The molecule has 3 nitrogen and oxygen atoms in total. The van der Waals surface area contributed by atoms with Gasteiger partial charge in [-0.15, -0.1) is 0 Å². The van der Waals surface area contributed by atoms with E-state index in [1.807, 2.05) is 25.3 Å². The van der Waals surface area contributed by atoms with E-state index >= 15 is 0 Å². The van der Waals surface area contributed by atoms with E-state index in [1.165, 1.54) is 0 Å². The van der Waals surface area contributed by atoms with Crippen LogP contribution in [0.15, 0.2) is 22.9 Å². The Labute approximate surface area is 78.4 Å². The molecular weight excluding hydrogens is 218 g/mol. The molecule has 0 bridgehead atoms. The summed E-state index contributed by atoms with van der Waals surface area (Å²) < 4.78 is 0.919. The van der Waals surface area contributed by atoms with Crippen molar-refractivity contribution in [3.8, 4) is 11.4 Å². The Hall–Kier alpha value is -1.03. The summed E-state index contributed by atoms with van der Waals surface area (Å²) in [6.07, 6.45) is 1.88. The van der Waals surface area contributed by atoms with Crippen LogP contribution in [0, 0.1) is 6.92 Å². The number of hydrogen-bond donors (Lipinski definition) is 2. The quantitative estimate of drug-likeness (QED) is 0.770.